The first-order valence-electron chi connectivity index (χ1n) is 6.45. The molecular weight excluding hydrogens is 323 g/mol. The molecule has 0 saturated heterocycles. The summed E-state index contributed by atoms with van der Waals surface area (Å²) in [5.41, 5.74) is 1.15. The van der Waals surface area contributed by atoms with Crippen molar-refractivity contribution in [1.29, 1.82) is 0 Å². The molecule has 1 N–H and O–H groups in total. The van der Waals surface area contributed by atoms with Crippen LogP contribution in [0.25, 0.3) is 0 Å². The third kappa shape index (κ3) is 3.58. The number of aliphatic hydroxyl groups is 1. The molecular formula is C16H16BrFO2. The Morgan fingerprint density at radius 1 is 1.25 bits per heavy atom. The van der Waals surface area contributed by atoms with E-state index in [1.54, 1.807) is 30.3 Å². The minimum atomic E-state index is -0.814. The molecule has 4 heteroatoms. The van der Waals surface area contributed by atoms with Gasteiger partial charge in [-0.05, 0) is 36.8 Å². The molecule has 1 atom stereocenters. The molecule has 2 nitrogen and oxygen atoms in total. The number of hydrogen-bond donors (Lipinski definition) is 1. The largest absolute Gasteiger partial charge is 0.493 e. The van der Waals surface area contributed by atoms with Crippen LogP contribution >= 0.6 is 15.9 Å². The van der Waals surface area contributed by atoms with Crippen molar-refractivity contribution in [1.82, 2.24) is 0 Å². The molecule has 0 aliphatic carbocycles. The first-order chi connectivity index (χ1) is 9.61. The monoisotopic (exact) mass is 338 g/mol. The summed E-state index contributed by atoms with van der Waals surface area (Å²) in [7, 11) is 0. The molecule has 0 aromatic heterocycles. The van der Waals surface area contributed by atoms with Crippen LogP contribution in [-0.4, -0.2) is 11.7 Å². The van der Waals surface area contributed by atoms with Gasteiger partial charge in [0.2, 0.25) is 0 Å². The predicted molar refractivity (Wildman–Crippen MR) is 80.4 cm³/mol. The molecule has 1 unspecified atom stereocenters. The second-order valence-electron chi connectivity index (χ2n) is 4.43. The quantitative estimate of drug-likeness (QED) is 0.882. The molecule has 0 amide bonds. The van der Waals surface area contributed by atoms with Gasteiger partial charge in [0.25, 0.3) is 0 Å². The fourth-order valence-electron chi connectivity index (χ4n) is 2.05. The van der Waals surface area contributed by atoms with Crippen molar-refractivity contribution in [3.05, 3.63) is 63.9 Å². The fourth-order valence-corrected chi connectivity index (χ4v) is 2.43. The van der Waals surface area contributed by atoms with Crippen molar-refractivity contribution in [2.24, 2.45) is 0 Å². The molecule has 0 aliphatic heterocycles. The average Bonchev–Trinajstić information content (AvgIpc) is 2.43. The lowest BCUT2D eigenvalue weighted by atomic mass is 10.0. The number of rotatable bonds is 5. The minimum absolute atomic E-state index is 0.212. The summed E-state index contributed by atoms with van der Waals surface area (Å²) in [5.74, 6) is 0.319. The van der Waals surface area contributed by atoms with Crippen molar-refractivity contribution < 1.29 is 14.2 Å². The summed E-state index contributed by atoms with van der Waals surface area (Å²) in [6.45, 7) is 2.40. The maximum atomic E-state index is 13.6. The second kappa shape index (κ2) is 6.86. The molecule has 2 aromatic carbocycles. The molecule has 2 aromatic rings. The van der Waals surface area contributed by atoms with Crippen LogP contribution in [0.5, 0.6) is 5.75 Å². The van der Waals surface area contributed by atoms with Gasteiger partial charge in [0.15, 0.2) is 0 Å². The van der Waals surface area contributed by atoms with Gasteiger partial charge in [0, 0.05) is 16.5 Å². The highest BCUT2D eigenvalue weighted by molar-refractivity contribution is 9.10. The number of benzene rings is 2. The SMILES string of the molecule is CCOc1ccc(Br)cc1C(O)Cc1ccccc1F. The zero-order valence-corrected chi connectivity index (χ0v) is 12.7. The van der Waals surface area contributed by atoms with Gasteiger partial charge in [0.05, 0.1) is 12.7 Å². The van der Waals surface area contributed by atoms with E-state index in [2.05, 4.69) is 15.9 Å². The molecule has 0 fully saturated rings. The highest BCUT2D eigenvalue weighted by Crippen LogP contribution is 2.31. The van der Waals surface area contributed by atoms with Crippen LogP contribution in [-0.2, 0) is 6.42 Å². The summed E-state index contributed by atoms with van der Waals surface area (Å²) < 4.78 is 20.0. The van der Waals surface area contributed by atoms with Gasteiger partial charge in [-0.2, -0.15) is 0 Å². The molecule has 20 heavy (non-hydrogen) atoms. The molecule has 0 aliphatic rings. The Bertz CT molecular complexity index is 586. The highest BCUT2D eigenvalue weighted by Gasteiger charge is 2.16. The molecule has 0 radical (unpaired) electrons. The Morgan fingerprint density at radius 2 is 2.00 bits per heavy atom. The van der Waals surface area contributed by atoms with E-state index in [-0.39, 0.29) is 12.2 Å². The minimum Gasteiger partial charge on any atom is -0.493 e. The Labute approximate surface area is 126 Å². The van der Waals surface area contributed by atoms with Crippen molar-refractivity contribution in [2.75, 3.05) is 6.61 Å². The highest BCUT2D eigenvalue weighted by atomic mass is 79.9. The van der Waals surface area contributed by atoms with E-state index >= 15 is 0 Å². The molecule has 106 valence electrons. The summed E-state index contributed by atoms with van der Waals surface area (Å²) in [6.07, 6.45) is -0.602. The van der Waals surface area contributed by atoms with Crippen LogP contribution in [0.1, 0.15) is 24.2 Å². The van der Waals surface area contributed by atoms with E-state index in [4.69, 9.17) is 4.74 Å². The van der Waals surface area contributed by atoms with E-state index in [0.717, 1.165) is 4.47 Å². The van der Waals surface area contributed by atoms with Crippen LogP contribution < -0.4 is 4.74 Å². The number of hydrogen-bond acceptors (Lipinski definition) is 2. The van der Waals surface area contributed by atoms with E-state index in [9.17, 15) is 9.50 Å². The van der Waals surface area contributed by atoms with Crippen LogP contribution in [0.2, 0.25) is 0 Å². The maximum absolute atomic E-state index is 13.6. The maximum Gasteiger partial charge on any atom is 0.126 e. The molecule has 0 bridgehead atoms. The van der Waals surface area contributed by atoms with E-state index in [1.165, 1.54) is 6.07 Å². The van der Waals surface area contributed by atoms with Gasteiger partial charge in [-0.15, -0.1) is 0 Å². The van der Waals surface area contributed by atoms with Crippen molar-refractivity contribution >= 4 is 15.9 Å². The van der Waals surface area contributed by atoms with Crippen LogP contribution in [0.4, 0.5) is 4.39 Å². The van der Waals surface area contributed by atoms with Gasteiger partial charge in [-0.1, -0.05) is 34.1 Å². The van der Waals surface area contributed by atoms with Crippen molar-refractivity contribution in [3.63, 3.8) is 0 Å². The zero-order chi connectivity index (χ0) is 14.5. The van der Waals surface area contributed by atoms with Gasteiger partial charge < -0.3 is 9.84 Å². The third-order valence-corrected chi connectivity index (χ3v) is 3.50. The number of ether oxygens (including phenoxy) is 1. The zero-order valence-electron chi connectivity index (χ0n) is 11.1. The van der Waals surface area contributed by atoms with Crippen LogP contribution in [0.3, 0.4) is 0 Å². The van der Waals surface area contributed by atoms with Gasteiger partial charge in [0.1, 0.15) is 11.6 Å². The van der Waals surface area contributed by atoms with E-state index in [0.29, 0.717) is 23.5 Å². The van der Waals surface area contributed by atoms with Gasteiger partial charge in [-0.25, -0.2) is 4.39 Å². The van der Waals surface area contributed by atoms with Gasteiger partial charge in [-0.3, -0.25) is 0 Å². The molecule has 0 spiro atoms. The lowest BCUT2D eigenvalue weighted by Gasteiger charge is -2.16. The number of aliphatic hydroxyl groups excluding tert-OH is 1. The Kier molecular flexibility index (Phi) is 5.15. The first kappa shape index (κ1) is 15.0. The smallest absolute Gasteiger partial charge is 0.126 e. The summed E-state index contributed by atoms with van der Waals surface area (Å²) in [5, 5.41) is 10.4. The lowest BCUT2D eigenvalue weighted by molar-refractivity contribution is 0.171. The van der Waals surface area contributed by atoms with Gasteiger partial charge >= 0.3 is 0 Å². The number of halogens is 2. The Hall–Kier alpha value is -1.39. The topological polar surface area (TPSA) is 29.5 Å². The molecule has 0 saturated carbocycles. The fraction of sp³-hybridized carbons (Fsp3) is 0.250. The van der Waals surface area contributed by atoms with Crippen molar-refractivity contribution in [2.45, 2.75) is 19.4 Å². The molecule has 2 rings (SSSR count). The van der Waals surface area contributed by atoms with E-state index < -0.39 is 6.10 Å². The standard InChI is InChI=1S/C16H16BrFO2/c1-2-20-16-8-7-12(17)10-13(16)15(19)9-11-5-3-4-6-14(11)18/h3-8,10,15,19H,2,9H2,1H3. The normalized spacial score (nSPS) is 12.2. The summed E-state index contributed by atoms with van der Waals surface area (Å²) in [4.78, 5) is 0. The van der Waals surface area contributed by atoms with Crippen LogP contribution in [0.15, 0.2) is 46.9 Å². The predicted octanol–water partition coefficient (Wildman–Crippen LogP) is 4.26. The van der Waals surface area contributed by atoms with Crippen LogP contribution in [0, 0.1) is 5.82 Å². The lowest BCUT2D eigenvalue weighted by Crippen LogP contribution is -2.06. The van der Waals surface area contributed by atoms with E-state index in [1.807, 2.05) is 13.0 Å². The van der Waals surface area contributed by atoms with Crippen molar-refractivity contribution in [3.8, 4) is 5.75 Å². The third-order valence-electron chi connectivity index (χ3n) is 3.00. The summed E-state index contributed by atoms with van der Waals surface area (Å²) in [6, 6.07) is 11.9. The second-order valence-corrected chi connectivity index (χ2v) is 5.34. The summed E-state index contributed by atoms with van der Waals surface area (Å²) >= 11 is 3.37. The Morgan fingerprint density at radius 3 is 2.70 bits per heavy atom. The Balaban J connectivity index is 2.26. The average molecular weight is 339 g/mol. The first-order valence-corrected chi connectivity index (χ1v) is 7.24. The molecule has 0 heterocycles.